The Kier molecular flexibility index (Phi) is 3.98. The molecule has 0 atom stereocenters. The van der Waals surface area contributed by atoms with E-state index in [2.05, 4.69) is 0 Å². The largest absolute Gasteiger partial charge is 0.254 e. The lowest BCUT2D eigenvalue weighted by Crippen LogP contribution is -1.84. The molecule has 0 aliphatic rings. The zero-order chi connectivity index (χ0) is 10.6. The van der Waals surface area contributed by atoms with Gasteiger partial charge in [0.1, 0.15) is 0 Å². The summed E-state index contributed by atoms with van der Waals surface area (Å²) >= 11 is 5.86. The summed E-state index contributed by atoms with van der Waals surface area (Å²) in [6.07, 6.45) is 1.91. The van der Waals surface area contributed by atoms with Gasteiger partial charge in [0.15, 0.2) is 0 Å². The highest BCUT2D eigenvalue weighted by Gasteiger charge is 1.98. The second kappa shape index (κ2) is 4.82. The lowest BCUT2D eigenvalue weighted by molar-refractivity contribution is 0.617. The first-order valence-electron chi connectivity index (χ1n) is 3.83. The summed E-state index contributed by atoms with van der Waals surface area (Å²) in [6, 6.07) is 7.23. The average Bonchev–Trinajstić information content (AvgIpc) is 2.06. The van der Waals surface area contributed by atoms with E-state index in [9.17, 15) is 8.42 Å². The van der Waals surface area contributed by atoms with E-state index >= 15 is 0 Å². The van der Waals surface area contributed by atoms with E-state index in [0.717, 1.165) is 11.0 Å². The molecule has 0 amide bonds. The Balaban J connectivity index is 2.72. The fourth-order valence-electron chi connectivity index (χ4n) is 0.954. The van der Waals surface area contributed by atoms with Crippen LogP contribution in [-0.4, -0.2) is 8.42 Å². The predicted molar refractivity (Wildman–Crippen MR) is 59.1 cm³/mol. The fourth-order valence-corrected chi connectivity index (χ4v) is 1.71. The normalized spacial score (nSPS) is 12.1. The second-order valence-corrected chi connectivity index (χ2v) is 5.56. The molecule has 0 spiro atoms. The Morgan fingerprint density at radius 2 is 1.93 bits per heavy atom. The summed E-state index contributed by atoms with van der Waals surface area (Å²) in [5.74, 6) is 0. The van der Waals surface area contributed by atoms with Gasteiger partial charge in [-0.05, 0) is 18.1 Å². The van der Waals surface area contributed by atoms with Crippen molar-refractivity contribution in [1.82, 2.24) is 0 Å². The van der Waals surface area contributed by atoms with Crippen LogP contribution in [0.3, 0.4) is 0 Å². The zero-order valence-corrected chi connectivity index (χ0v) is 9.48. The summed E-state index contributed by atoms with van der Waals surface area (Å²) in [4.78, 5) is 0. The first-order valence-corrected chi connectivity index (χ1v) is 6.59. The van der Waals surface area contributed by atoms with E-state index in [1.165, 1.54) is 6.08 Å². The molecule has 0 heterocycles. The molecule has 0 aliphatic heterocycles. The van der Waals surface area contributed by atoms with Gasteiger partial charge in [0.05, 0.1) is 0 Å². The van der Waals surface area contributed by atoms with Crippen molar-refractivity contribution in [3.05, 3.63) is 46.3 Å². The summed E-state index contributed by atoms with van der Waals surface area (Å²) < 4.78 is 21.1. The molecular formula is C9H8Cl2O2S. The molecule has 1 aromatic rings. The Bertz CT molecular complexity index is 438. The lowest BCUT2D eigenvalue weighted by atomic mass is 10.1. The first-order chi connectivity index (χ1) is 6.49. The van der Waals surface area contributed by atoms with Crippen molar-refractivity contribution in [2.24, 2.45) is 0 Å². The number of allylic oxidation sites excluding steroid dienone is 1. The molecule has 0 bridgehead atoms. The molecule has 0 unspecified atom stereocenters. The van der Waals surface area contributed by atoms with E-state index in [-0.39, 0.29) is 0 Å². The molecule has 5 heteroatoms. The van der Waals surface area contributed by atoms with Crippen molar-refractivity contribution in [2.75, 3.05) is 0 Å². The van der Waals surface area contributed by atoms with Gasteiger partial charge in [-0.25, -0.2) is 8.42 Å². The molecule has 14 heavy (non-hydrogen) atoms. The van der Waals surface area contributed by atoms with Crippen LogP contribution in [0.1, 0.15) is 5.56 Å². The molecule has 0 aliphatic carbocycles. The van der Waals surface area contributed by atoms with Crippen molar-refractivity contribution in [2.45, 2.75) is 6.42 Å². The van der Waals surface area contributed by atoms with Crippen LogP contribution in [0.25, 0.3) is 0 Å². The van der Waals surface area contributed by atoms with Crippen molar-refractivity contribution >= 4 is 31.3 Å². The van der Waals surface area contributed by atoms with Crippen LogP contribution in [0.2, 0.25) is 5.02 Å². The van der Waals surface area contributed by atoms with Crippen molar-refractivity contribution in [1.29, 1.82) is 0 Å². The minimum Gasteiger partial charge on any atom is -0.208 e. The summed E-state index contributed by atoms with van der Waals surface area (Å²) in [5, 5.41) is 1.57. The molecule has 76 valence electrons. The minimum atomic E-state index is -3.56. The first kappa shape index (κ1) is 11.6. The summed E-state index contributed by atoms with van der Waals surface area (Å²) in [6.45, 7) is 0. The van der Waals surface area contributed by atoms with Crippen LogP contribution in [0, 0.1) is 0 Å². The van der Waals surface area contributed by atoms with E-state index < -0.39 is 9.05 Å². The number of rotatable bonds is 3. The van der Waals surface area contributed by atoms with Crippen LogP contribution in [-0.2, 0) is 15.5 Å². The van der Waals surface area contributed by atoms with Crippen molar-refractivity contribution in [3.63, 3.8) is 0 Å². The van der Waals surface area contributed by atoms with Crippen LogP contribution in [0.4, 0.5) is 0 Å². The average molecular weight is 251 g/mol. The van der Waals surface area contributed by atoms with Gasteiger partial charge < -0.3 is 0 Å². The van der Waals surface area contributed by atoms with Crippen molar-refractivity contribution < 1.29 is 8.42 Å². The lowest BCUT2D eigenvalue weighted by Gasteiger charge is -1.98. The molecule has 0 saturated heterocycles. The van der Waals surface area contributed by atoms with Gasteiger partial charge in [-0.3, -0.25) is 0 Å². The van der Waals surface area contributed by atoms with Crippen LogP contribution in [0.15, 0.2) is 35.7 Å². The quantitative estimate of drug-likeness (QED) is 0.774. The Labute approximate surface area is 92.6 Å². The topological polar surface area (TPSA) is 34.1 Å². The highest BCUT2D eigenvalue weighted by atomic mass is 35.7. The van der Waals surface area contributed by atoms with Gasteiger partial charge in [-0.1, -0.05) is 35.9 Å². The van der Waals surface area contributed by atoms with Crippen LogP contribution < -0.4 is 0 Å². The molecule has 1 aromatic carbocycles. The van der Waals surface area contributed by atoms with E-state index in [1.54, 1.807) is 6.07 Å². The maximum atomic E-state index is 10.6. The van der Waals surface area contributed by atoms with Gasteiger partial charge in [-0.2, -0.15) is 0 Å². The second-order valence-electron chi connectivity index (χ2n) is 2.64. The molecule has 0 aromatic heterocycles. The van der Waals surface area contributed by atoms with Gasteiger partial charge in [-0.15, -0.1) is 0 Å². The van der Waals surface area contributed by atoms with Crippen LogP contribution in [0.5, 0.6) is 0 Å². The van der Waals surface area contributed by atoms with Gasteiger partial charge in [0.25, 0.3) is 9.05 Å². The third-order valence-electron chi connectivity index (χ3n) is 1.55. The smallest absolute Gasteiger partial charge is 0.208 e. The van der Waals surface area contributed by atoms with Crippen molar-refractivity contribution in [3.8, 4) is 0 Å². The molecule has 0 fully saturated rings. The van der Waals surface area contributed by atoms with E-state index in [1.807, 2.05) is 18.2 Å². The molecule has 0 N–H and O–H groups in total. The highest BCUT2D eigenvalue weighted by Crippen LogP contribution is 2.15. The van der Waals surface area contributed by atoms with E-state index in [0.29, 0.717) is 11.4 Å². The maximum absolute atomic E-state index is 10.6. The molecule has 0 radical (unpaired) electrons. The van der Waals surface area contributed by atoms with Gasteiger partial charge >= 0.3 is 0 Å². The zero-order valence-electron chi connectivity index (χ0n) is 7.15. The number of hydrogen-bond donors (Lipinski definition) is 0. The highest BCUT2D eigenvalue weighted by molar-refractivity contribution is 8.16. The standard InChI is InChI=1S/C9H8Cl2O2S/c10-9-6-2-1-4-8(9)5-3-7-14(11,12)13/h1-4,6-7H,5H2/b7-3-. The molecular weight excluding hydrogens is 243 g/mol. The summed E-state index contributed by atoms with van der Waals surface area (Å²) in [7, 11) is 1.43. The molecule has 2 nitrogen and oxygen atoms in total. The number of benzene rings is 1. The number of hydrogen-bond acceptors (Lipinski definition) is 2. The maximum Gasteiger partial charge on any atom is 0.254 e. The molecule has 1 rings (SSSR count). The minimum absolute atomic E-state index is 0.450. The Hall–Kier alpha value is -0.510. The SMILES string of the molecule is O=S(=O)(Cl)/C=C\Cc1ccccc1Cl. The monoisotopic (exact) mass is 250 g/mol. The van der Waals surface area contributed by atoms with Gasteiger partial charge in [0.2, 0.25) is 0 Å². The third kappa shape index (κ3) is 4.13. The third-order valence-corrected chi connectivity index (χ3v) is 2.75. The Morgan fingerprint density at radius 1 is 1.29 bits per heavy atom. The number of halogens is 2. The van der Waals surface area contributed by atoms with Gasteiger partial charge in [0, 0.05) is 21.1 Å². The fraction of sp³-hybridized carbons (Fsp3) is 0.111. The summed E-state index contributed by atoms with van der Waals surface area (Å²) in [5.41, 5.74) is 0.866. The Morgan fingerprint density at radius 3 is 2.50 bits per heavy atom. The molecule has 0 saturated carbocycles. The van der Waals surface area contributed by atoms with Crippen LogP contribution >= 0.6 is 22.3 Å². The van der Waals surface area contributed by atoms with E-state index in [4.69, 9.17) is 22.3 Å². The predicted octanol–water partition coefficient (Wildman–Crippen LogP) is 2.96.